The summed E-state index contributed by atoms with van der Waals surface area (Å²) in [6.07, 6.45) is 0.735. The van der Waals surface area contributed by atoms with Crippen LogP contribution in [0, 0.1) is 0 Å². The zero-order chi connectivity index (χ0) is 26.2. The first-order chi connectivity index (χ1) is 18.0. The second-order valence-electron chi connectivity index (χ2n) is 8.40. The van der Waals surface area contributed by atoms with Crippen LogP contribution in [-0.2, 0) is 22.6 Å². The van der Waals surface area contributed by atoms with Crippen LogP contribution in [0.1, 0.15) is 30.5 Å². The molecule has 0 spiro atoms. The highest BCUT2D eigenvalue weighted by atomic mass is 16.5. The van der Waals surface area contributed by atoms with E-state index in [4.69, 9.17) is 9.47 Å². The maximum atomic E-state index is 12.3. The molecule has 2 amide bonds. The minimum Gasteiger partial charge on any atom is -0.493 e. The summed E-state index contributed by atoms with van der Waals surface area (Å²) in [4.78, 5) is 24.6. The van der Waals surface area contributed by atoms with Crippen LogP contribution in [0.3, 0.4) is 0 Å². The number of amides is 2. The second kappa shape index (κ2) is 11.9. The molecule has 0 saturated heterocycles. The van der Waals surface area contributed by atoms with E-state index in [2.05, 4.69) is 34.0 Å². The monoisotopic (exact) mass is 495 g/mol. The molecular formula is C30H29N3O4. The highest BCUT2D eigenvalue weighted by Crippen LogP contribution is 2.30. The molecule has 0 aliphatic heterocycles. The molecule has 4 aromatic carbocycles. The normalized spacial score (nSPS) is 11.2. The Morgan fingerprint density at radius 2 is 1.57 bits per heavy atom. The van der Waals surface area contributed by atoms with E-state index in [-0.39, 0.29) is 0 Å². The van der Waals surface area contributed by atoms with Gasteiger partial charge in [0.05, 0.1) is 12.8 Å². The zero-order valence-corrected chi connectivity index (χ0v) is 21.1. The van der Waals surface area contributed by atoms with Crippen LogP contribution in [0.25, 0.3) is 10.8 Å². The fraction of sp³-hybridized carbons (Fsp3) is 0.167. The van der Waals surface area contributed by atoms with Crippen LogP contribution in [0.2, 0.25) is 0 Å². The van der Waals surface area contributed by atoms with Gasteiger partial charge in [0.25, 0.3) is 0 Å². The van der Waals surface area contributed by atoms with Crippen LogP contribution in [0.15, 0.2) is 90.0 Å². The first-order valence-corrected chi connectivity index (χ1v) is 12.0. The number of anilines is 1. The van der Waals surface area contributed by atoms with Crippen molar-refractivity contribution in [3.8, 4) is 11.5 Å². The van der Waals surface area contributed by atoms with Crippen molar-refractivity contribution in [1.29, 1.82) is 0 Å². The Kier molecular flexibility index (Phi) is 8.15. The number of hydrogen-bond acceptors (Lipinski definition) is 5. The third kappa shape index (κ3) is 6.13. The van der Waals surface area contributed by atoms with Crippen molar-refractivity contribution < 1.29 is 19.1 Å². The Morgan fingerprint density at radius 1 is 0.838 bits per heavy atom. The van der Waals surface area contributed by atoms with Gasteiger partial charge in [-0.2, -0.15) is 5.10 Å². The molecule has 7 nitrogen and oxygen atoms in total. The van der Waals surface area contributed by atoms with E-state index in [1.165, 1.54) is 0 Å². The Balaban J connectivity index is 1.41. The van der Waals surface area contributed by atoms with E-state index in [9.17, 15) is 9.59 Å². The molecule has 0 atom stereocenters. The van der Waals surface area contributed by atoms with Gasteiger partial charge in [0, 0.05) is 11.3 Å². The van der Waals surface area contributed by atoms with Crippen molar-refractivity contribution >= 4 is 34.0 Å². The number of aryl methyl sites for hydroxylation is 1. The van der Waals surface area contributed by atoms with Crippen LogP contribution >= 0.6 is 0 Å². The number of benzene rings is 4. The van der Waals surface area contributed by atoms with Crippen molar-refractivity contribution in [3.63, 3.8) is 0 Å². The summed E-state index contributed by atoms with van der Waals surface area (Å²) in [5.41, 5.74) is 6.16. The predicted molar refractivity (Wildman–Crippen MR) is 146 cm³/mol. The molecule has 0 aliphatic carbocycles. The first kappa shape index (κ1) is 25.4. The highest BCUT2D eigenvalue weighted by Gasteiger charge is 2.15. The molecule has 2 N–H and O–H groups in total. The number of nitrogens with zero attached hydrogens (tertiary/aromatic N) is 1. The molecular weight excluding hydrogens is 466 g/mol. The summed E-state index contributed by atoms with van der Waals surface area (Å²) in [5, 5.41) is 9.02. The topological polar surface area (TPSA) is 89.0 Å². The summed E-state index contributed by atoms with van der Waals surface area (Å²) in [7, 11) is 1.57. The molecule has 0 aliphatic rings. The summed E-state index contributed by atoms with van der Waals surface area (Å²) in [6.45, 7) is 4.10. The number of fused-ring (bicyclic) bond motifs is 1. The molecule has 0 saturated carbocycles. The van der Waals surface area contributed by atoms with Gasteiger partial charge in [-0.15, -0.1) is 0 Å². The third-order valence-corrected chi connectivity index (χ3v) is 6.02. The van der Waals surface area contributed by atoms with Gasteiger partial charge in [-0.25, -0.2) is 5.43 Å². The van der Waals surface area contributed by atoms with Gasteiger partial charge >= 0.3 is 11.8 Å². The number of ether oxygens (including phenoxy) is 2. The van der Waals surface area contributed by atoms with Gasteiger partial charge in [0.15, 0.2) is 11.5 Å². The molecule has 0 bridgehead atoms. The molecule has 188 valence electrons. The molecule has 4 rings (SSSR count). The molecule has 0 radical (unpaired) electrons. The van der Waals surface area contributed by atoms with Crippen molar-refractivity contribution in [1.82, 2.24) is 5.43 Å². The standard InChI is InChI=1S/C30H29N3O4/c1-4-21-10-6-8-15-26(21)31-29(34)30(35)33-32-20(2)23-16-17-27(28(18-23)36-3)37-19-24-13-9-12-22-11-5-7-14-25(22)24/h5-18H,4,19H2,1-3H3,(H,31,34)(H,33,35)/b32-20+. The second-order valence-corrected chi connectivity index (χ2v) is 8.40. The quantitative estimate of drug-likeness (QED) is 0.193. The van der Waals surface area contributed by atoms with Crippen LogP contribution in [0.4, 0.5) is 5.69 Å². The lowest BCUT2D eigenvalue weighted by Gasteiger charge is -2.13. The van der Waals surface area contributed by atoms with Gasteiger partial charge in [-0.05, 0) is 59.5 Å². The lowest BCUT2D eigenvalue weighted by molar-refractivity contribution is -0.136. The van der Waals surface area contributed by atoms with E-state index in [0.29, 0.717) is 35.1 Å². The minimum atomic E-state index is -0.854. The summed E-state index contributed by atoms with van der Waals surface area (Å²) < 4.78 is 11.6. The van der Waals surface area contributed by atoms with Gasteiger partial charge in [0.1, 0.15) is 6.61 Å². The molecule has 7 heteroatoms. The Hall–Kier alpha value is -4.65. The van der Waals surface area contributed by atoms with Crippen molar-refractivity contribution in [2.45, 2.75) is 26.9 Å². The molecule has 0 heterocycles. The smallest absolute Gasteiger partial charge is 0.329 e. The zero-order valence-electron chi connectivity index (χ0n) is 21.1. The van der Waals surface area contributed by atoms with Crippen LogP contribution in [-0.4, -0.2) is 24.6 Å². The number of carbonyl (C=O) groups excluding carboxylic acids is 2. The van der Waals surface area contributed by atoms with E-state index in [0.717, 1.165) is 28.3 Å². The predicted octanol–water partition coefficient (Wildman–Crippen LogP) is 5.47. The van der Waals surface area contributed by atoms with Gasteiger partial charge < -0.3 is 14.8 Å². The van der Waals surface area contributed by atoms with Crippen LogP contribution < -0.4 is 20.2 Å². The number of methoxy groups -OCH3 is 1. The number of rotatable bonds is 8. The third-order valence-electron chi connectivity index (χ3n) is 6.02. The van der Waals surface area contributed by atoms with E-state index in [1.807, 2.05) is 49.4 Å². The molecule has 4 aromatic rings. The van der Waals surface area contributed by atoms with Crippen molar-refractivity contribution in [3.05, 3.63) is 102 Å². The number of hydrazone groups is 1. The molecule has 0 fully saturated rings. The maximum Gasteiger partial charge on any atom is 0.329 e. The number of para-hydroxylation sites is 1. The van der Waals surface area contributed by atoms with Gasteiger partial charge in [-0.3, -0.25) is 9.59 Å². The van der Waals surface area contributed by atoms with Crippen LogP contribution in [0.5, 0.6) is 11.5 Å². The van der Waals surface area contributed by atoms with Gasteiger partial charge in [-0.1, -0.05) is 67.6 Å². The minimum absolute atomic E-state index is 0.385. The van der Waals surface area contributed by atoms with E-state index < -0.39 is 11.8 Å². The average Bonchev–Trinajstić information content (AvgIpc) is 2.94. The van der Waals surface area contributed by atoms with E-state index >= 15 is 0 Å². The lowest BCUT2D eigenvalue weighted by Crippen LogP contribution is -2.33. The number of hydrogen-bond donors (Lipinski definition) is 2. The highest BCUT2D eigenvalue weighted by molar-refractivity contribution is 6.39. The number of nitrogens with one attached hydrogen (secondary N) is 2. The largest absolute Gasteiger partial charge is 0.493 e. The first-order valence-electron chi connectivity index (χ1n) is 12.0. The average molecular weight is 496 g/mol. The van der Waals surface area contributed by atoms with Crippen molar-refractivity contribution in [2.75, 3.05) is 12.4 Å². The summed E-state index contributed by atoms with van der Waals surface area (Å²) >= 11 is 0. The maximum absolute atomic E-state index is 12.3. The summed E-state index contributed by atoms with van der Waals surface area (Å²) in [5.74, 6) is -0.517. The Bertz CT molecular complexity index is 1460. The number of carbonyl (C=O) groups is 2. The fourth-order valence-corrected chi connectivity index (χ4v) is 3.97. The Labute approximate surface area is 216 Å². The molecule has 0 unspecified atom stereocenters. The molecule has 37 heavy (non-hydrogen) atoms. The lowest BCUT2D eigenvalue weighted by atomic mass is 10.1. The SMILES string of the molecule is CCc1ccccc1NC(=O)C(=O)N/N=C(\C)c1ccc(OCc2cccc3ccccc23)c(OC)c1. The summed E-state index contributed by atoms with van der Waals surface area (Å²) in [6, 6.07) is 27.0. The van der Waals surface area contributed by atoms with E-state index in [1.54, 1.807) is 38.3 Å². The van der Waals surface area contributed by atoms with Gasteiger partial charge in [0.2, 0.25) is 0 Å². The van der Waals surface area contributed by atoms with Crippen molar-refractivity contribution in [2.24, 2.45) is 5.10 Å². The molecule has 0 aromatic heterocycles. The Morgan fingerprint density at radius 3 is 2.38 bits per heavy atom. The fourth-order valence-electron chi connectivity index (χ4n) is 3.97.